The fourth-order valence-corrected chi connectivity index (χ4v) is 3.60. The zero-order chi connectivity index (χ0) is 23.4. The number of amides is 2. The van der Waals surface area contributed by atoms with E-state index in [4.69, 9.17) is 9.47 Å². The number of guanidine groups is 1. The van der Waals surface area contributed by atoms with Gasteiger partial charge in [0.15, 0.2) is 0 Å². The van der Waals surface area contributed by atoms with Crippen LogP contribution in [0.1, 0.15) is 69.8 Å². The van der Waals surface area contributed by atoms with Gasteiger partial charge >= 0.3 is 12.1 Å². The molecule has 0 atom stereocenters. The molecule has 1 heterocycles. The van der Waals surface area contributed by atoms with Crippen molar-refractivity contribution in [1.82, 2.24) is 10.2 Å². The Morgan fingerprint density at radius 1 is 1.23 bits per heavy atom. The molecular weight excluding hydrogens is 405 g/mol. The Hall–Kier alpha value is -2.97. The molecule has 31 heavy (non-hydrogen) atoms. The van der Waals surface area contributed by atoms with Crippen LogP contribution in [-0.4, -0.2) is 47.1 Å². The second kappa shape index (κ2) is 9.45. The zero-order valence-corrected chi connectivity index (χ0v) is 18.9. The highest BCUT2D eigenvalue weighted by molar-refractivity contribution is 6.03. The van der Waals surface area contributed by atoms with E-state index in [1.54, 1.807) is 25.7 Å². The minimum absolute atomic E-state index is 0.0399. The van der Waals surface area contributed by atoms with E-state index in [2.05, 4.69) is 10.3 Å². The Labute approximate surface area is 181 Å². The molecule has 1 aromatic rings. The average Bonchev–Trinajstić information content (AvgIpc) is 2.67. The third kappa shape index (κ3) is 6.02. The first kappa shape index (κ1) is 24.3. The van der Waals surface area contributed by atoms with Crippen LogP contribution in [0.5, 0.6) is 0 Å². The number of ether oxygens (including phenoxy) is 2. The lowest BCUT2D eigenvalue weighted by Gasteiger charge is -2.47. The third-order valence-electron chi connectivity index (χ3n) is 5.20. The lowest BCUT2D eigenvalue weighted by atomic mass is 9.84. The van der Waals surface area contributed by atoms with E-state index in [-0.39, 0.29) is 30.4 Å². The van der Waals surface area contributed by atoms with Crippen LogP contribution >= 0.6 is 0 Å². The van der Waals surface area contributed by atoms with E-state index in [1.165, 1.54) is 19.2 Å². The summed E-state index contributed by atoms with van der Waals surface area (Å²) >= 11 is 0. The SMILES string of the molecule is CCC1(CC)CC(=O)NC(=NC(=O)OC(C)(C)C)N1Cc1cc(F)cc(C(=O)OC)c1. The highest BCUT2D eigenvalue weighted by atomic mass is 19.1. The first-order chi connectivity index (χ1) is 14.4. The number of esters is 1. The molecule has 1 fully saturated rings. The van der Waals surface area contributed by atoms with Crippen molar-refractivity contribution in [2.45, 2.75) is 71.6 Å². The van der Waals surface area contributed by atoms with Crippen LogP contribution in [0.25, 0.3) is 0 Å². The molecular formula is C22H30FN3O5. The Bertz CT molecular complexity index is 888. The number of hydrogen-bond donors (Lipinski definition) is 1. The highest BCUT2D eigenvalue weighted by Gasteiger charge is 2.42. The molecule has 2 rings (SSSR count). The van der Waals surface area contributed by atoms with E-state index in [9.17, 15) is 18.8 Å². The molecule has 0 aromatic heterocycles. The van der Waals surface area contributed by atoms with Gasteiger partial charge in [-0.25, -0.2) is 14.0 Å². The minimum Gasteiger partial charge on any atom is -0.465 e. The topological polar surface area (TPSA) is 97.3 Å². The van der Waals surface area contributed by atoms with E-state index in [0.29, 0.717) is 18.4 Å². The average molecular weight is 435 g/mol. The Kier molecular flexibility index (Phi) is 7.41. The number of aliphatic imine (C=N–C) groups is 1. The van der Waals surface area contributed by atoms with E-state index < -0.39 is 29.0 Å². The van der Waals surface area contributed by atoms with Crippen LogP contribution in [0.3, 0.4) is 0 Å². The van der Waals surface area contributed by atoms with Gasteiger partial charge in [0.1, 0.15) is 11.4 Å². The molecule has 2 amide bonds. The predicted octanol–water partition coefficient (Wildman–Crippen LogP) is 3.78. The molecule has 1 aliphatic rings. The largest absolute Gasteiger partial charge is 0.465 e. The molecule has 1 N–H and O–H groups in total. The molecule has 1 saturated heterocycles. The van der Waals surface area contributed by atoms with Crippen molar-refractivity contribution in [1.29, 1.82) is 0 Å². The van der Waals surface area contributed by atoms with Gasteiger partial charge in [-0.3, -0.25) is 10.1 Å². The molecule has 0 unspecified atom stereocenters. The molecule has 0 bridgehead atoms. The van der Waals surface area contributed by atoms with Gasteiger partial charge in [0.25, 0.3) is 0 Å². The van der Waals surface area contributed by atoms with Gasteiger partial charge in [-0.15, -0.1) is 4.99 Å². The predicted molar refractivity (Wildman–Crippen MR) is 113 cm³/mol. The smallest absolute Gasteiger partial charge is 0.437 e. The standard InChI is InChI=1S/C22H30FN3O5/c1-7-22(8-2)12-17(27)24-19(25-20(29)31-21(3,4)5)26(22)13-14-9-15(18(28)30-6)11-16(23)10-14/h9-11H,7-8,12-13H2,1-6H3,(H,24,25,27,29). The molecule has 1 aromatic carbocycles. The van der Waals surface area contributed by atoms with Crippen LogP contribution in [-0.2, 0) is 20.8 Å². The van der Waals surface area contributed by atoms with Crippen molar-refractivity contribution in [3.8, 4) is 0 Å². The number of benzene rings is 1. The van der Waals surface area contributed by atoms with Gasteiger partial charge in [0.2, 0.25) is 11.9 Å². The lowest BCUT2D eigenvalue weighted by Crippen LogP contribution is -2.62. The monoisotopic (exact) mass is 435 g/mol. The van der Waals surface area contributed by atoms with Gasteiger partial charge in [0.05, 0.1) is 24.6 Å². The summed E-state index contributed by atoms with van der Waals surface area (Å²) in [5.41, 5.74) is -0.849. The maximum absolute atomic E-state index is 14.2. The van der Waals surface area contributed by atoms with Crippen molar-refractivity contribution in [3.05, 3.63) is 35.1 Å². The van der Waals surface area contributed by atoms with Crippen molar-refractivity contribution in [3.63, 3.8) is 0 Å². The molecule has 0 aliphatic carbocycles. The number of carbonyl (C=O) groups excluding carboxylic acids is 3. The second-order valence-corrected chi connectivity index (χ2v) is 8.50. The maximum atomic E-state index is 14.2. The molecule has 0 saturated carbocycles. The number of nitrogens with zero attached hydrogens (tertiary/aromatic N) is 2. The van der Waals surface area contributed by atoms with E-state index >= 15 is 0 Å². The summed E-state index contributed by atoms with van der Waals surface area (Å²) in [4.78, 5) is 42.4. The molecule has 8 nitrogen and oxygen atoms in total. The van der Waals surface area contributed by atoms with Gasteiger partial charge in [-0.2, -0.15) is 0 Å². The van der Waals surface area contributed by atoms with Crippen molar-refractivity contribution in [2.24, 2.45) is 4.99 Å². The Balaban J connectivity index is 2.51. The summed E-state index contributed by atoms with van der Waals surface area (Å²) in [5, 5.41) is 2.64. The van der Waals surface area contributed by atoms with E-state index in [1.807, 2.05) is 13.8 Å². The van der Waals surface area contributed by atoms with Gasteiger partial charge < -0.3 is 14.4 Å². The van der Waals surface area contributed by atoms with Crippen LogP contribution < -0.4 is 5.32 Å². The summed E-state index contributed by atoms with van der Waals surface area (Å²) in [5.74, 6) is -1.48. The van der Waals surface area contributed by atoms with Crippen LogP contribution in [0.2, 0.25) is 0 Å². The van der Waals surface area contributed by atoms with Gasteiger partial charge in [-0.05, 0) is 57.4 Å². The third-order valence-corrected chi connectivity index (χ3v) is 5.20. The van der Waals surface area contributed by atoms with Crippen molar-refractivity contribution >= 4 is 23.9 Å². The summed E-state index contributed by atoms with van der Waals surface area (Å²) in [7, 11) is 1.22. The summed E-state index contributed by atoms with van der Waals surface area (Å²) < 4.78 is 24.2. The first-order valence-electron chi connectivity index (χ1n) is 10.2. The fourth-order valence-electron chi connectivity index (χ4n) is 3.60. The van der Waals surface area contributed by atoms with Crippen molar-refractivity contribution in [2.75, 3.05) is 7.11 Å². The van der Waals surface area contributed by atoms with Crippen molar-refractivity contribution < 1.29 is 28.2 Å². The number of methoxy groups -OCH3 is 1. The number of nitrogens with one attached hydrogen (secondary N) is 1. The number of carbonyl (C=O) groups is 3. The number of rotatable bonds is 5. The molecule has 0 radical (unpaired) electrons. The molecule has 170 valence electrons. The van der Waals surface area contributed by atoms with Gasteiger partial charge in [-0.1, -0.05) is 13.8 Å². The molecule has 0 spiro atoms. The summed E-state index contributed by atoms with van der Waals surface area (Å²) in [6.45, 7) is 9.13. The lowest BCUT2D eigenvalue weighted by molar-refractivity contribution is -0.124. The first-order valence-corrected chi connectivity index (χ1v) is 10.2. The quantitative estimate of drug-likeness (QED) is 0.707. The molecule has 9 heteroatoms. The van der Waals surface area contributed by atoms with Gasteiger partial charge in [0, 0.05) is 6.54 Å². The number of halogens is 1. The van der Waals surface area contributed by atoms with E-state index in [0.717, 1.165) is 6.07 Å². The normalized spacial score (nSPS) is 17.3. The summed E-state index contributed by atoms with van der Waals surface area (Å²) in [6.07, 6.45) is 0.518. The number of hydrogen-bond acceptors (Lipinski definition) is 5. The Morgan fingerprint density at radius 3 is 2.42 bits per heavy atom. The fraction of sp³-hybridized carbons (Fsp3) is 0.545. The highest BCUT2D eigenvalue weighted by Crippen LogP contribution is 2.33. The van der Waals surface area contributed by atoms with Crippen LogP contribution in [0.4, 0.5) is 9.18 Å². The second-order valence-electron chi connectivity index (χ2n) is 8.50. The Morgan fingerprint density at radius 2 is 1.87 bits per heavy atom. The van der Waals surface area contributed by atoms with Crippen LogP contribution in [0, 0.1) is 5.82 Å². The van der Waals surface area contributed by atoms with Crippen LogP contribution in [0.15, 0.2) is 23.2 Å². The maximum Gasteiger partial charge on any atom is 0.437 e. The molecule has 1 aliphatic heterocycles. The zero-order valence-electron chi connectivity index (χ0n) is 18.9. The minimum atomic E-state index is -0.842. The summed E-state index contributed by atoms with van der Waals surface area (Å²) in [6, 6.07) is 3.91.